The van der Waals surface area contributed by atoms with Crippen molar-refractivity contribution in [3.05, 3.63) is 87.7 Å². The lowest BCUT2D eigenvalue weighted by Crippen LogP contribution is -2.54. The molecule has 1 aliphatic rings. The number of halogens is 1. The first-order valence-corrected chi connectivity index (χ1v) is 10.1. The third kappa shape index (κ3) is 3.66. The molecule has 3 aromatic rings. The Morgan fingerprint density at radius 3 is 2.29 bits per heavy atom. The van der Waals surface area contributed by atoms with E-state index in [0.29, 0.717) is 16.3 Å². The Balaban J connectivity index is 1.77. The van der Waals surface area contributed by atoms with Crippen LogP contribution in [0.4, 0.5) is 10.5 Å². The molecule has 156 valence electrons. The van der Waals surface area contributed by atoms with E-state index in [1.54, 1.807) is 37.3 Å². The molecule has 1 fully saturated rings. The molecule has 2 aromatic carbocycles. The van der Waals surface area contributed by atoms with E-state index in [2.05, 4.69) is 5.32 Å². The molecule has 31 heavy (non-hydrogen) atoms. The van der Waals surface area contributed by atoms with Crippen LogP contribution in [0, 0.1) is 20.8 Å². The number of anilines is 1. The van der Waals surface area contributed by atoms with Gasteiger partial charge in [0.05, 0.1) is 5.69 Å². The van der Waals surface area contributed by atoms with Gasteiger partial charge in [0.1, 0.15) is 5.57 Å². The van der Waals surface area contributed by atoms with Gasteiger partial charge in [0.15, 0.2) is 0 Å². The number of aromatic nitrogens is 1. The van der Waals surface area contributed by atoms with E-state index in [9.17, 15) is 14.4 Å². The van der Waals surface area contributed by atoms with Gasteiger partial charge in [-0.2, -0.15) is 0 Å². The number of nitrogens with zero attached hydrogens (tertiary/aromatic N) is 2. The van der Waals surface area contributed by atoms with Crippen molar-refractivity contribution >= 4 is 41.2 Å². The van der Waals surface area contributed by atoms with Crippen molar-refractivity contribution in [2.75, 3.05) is 4.90 Å². The van der Waals surface area contributed by atoms with Crippen LogP contribution in [0.2, 0.25) is 5.02 Å². The molecule has 0 spiro atoms. The molecule has 1 N–H and O–H groups in total. The highest BCUT2D eigenvalue weighted by Crippen LogP contribution is 2.27. The zero-order valence-corrected chi connectivity index (χ0v) is 18.0. The zero-order valence-electron chi connectivity index (χ0n) is 17.3. The van der Waals surface area contributed by atoms with Crippen LogP contribution in [-0.2, 0) is 9.59 Å². The van der Waals surface area contributed by atoms with E-state index in [0.717, 1.165) is 27.5 Å². The molecule has 1 aromatic heterocycles. The monoisotopic (exact) mass is 433 g/mol. The average Bonchev–Trinajstić information content (AvgIpc) is 3.00. The maximum Gasteiger partial charge on any atom is 0.335 e. The van der Waals surface area contributed by atoms with Crippen molar-refractivity contribution in [1.82, 2.24) is 9.88 Å². The number of barbiturate groups is 1. The zero-order chi connectivity index (χ0) is 22.3. The fourth-order valence-electron chi connectivity index (χ4n) is 3.77. The van der Waals surface area contributed by atoms with Gasteiger partial charge in [-0.25, -0.2) is 9.69 Å². The molecule has 6 nitrogen and oxygen atoms in total. The number of imide groups is 2. The molecule has 4 rings (SSSR count). The van der Waals surface area contributed by atoms with Crippen molar-refractivity contribution in [2.24, 2.45) is 0 Å². The molecule has 0 unspecified atom stereocenters. The quantitative estimate of drug-likeness (QED) is 0.479. The maximum atomic E-state index is 13.2. The first-order valence-electron chi connectivity index (χ1n) is 9.70. The lowest BCUT2D eigenvalue weighted by molar-refractivity contribution is -0.122. The third-order valence-corrected chi connectivity index (χ3v) is 5.56. The first kappa shape index (κ1) is 20.6. The van der Waals surface area contributed by atoms with Gasteiger partial charge < -0.3 is 4.57 Å². The largest absolute Gasteiger partial charge is 0.335 e. The number of urea groups is 1. The first-order chi connectivity index (χ1) is 14.8. The topological polar surface area (TPSA) is 71.4 Å². The van der Waals surface area contributed by atoms with E-state index in [4.69, 9.17) is 11.6 Å². The van der Waals surface area contributed by atoms with E-state index >= 15 is 0 Å². The van der Waals surface area contributed by atoms with Gasteiger partial charge >= 0.3 is 6.03 Å². The normalized spacial score (nSPS) is 15.5. The second-order valence-electron chi connectivity index (χ2n) is 7.38. The fourth-order valence-corrected chi connectivity index (χ4v) is 3.89. The second kappa shape index (κ2) is 7.89. The van der Waals surface area contributed by atoms with Crippen LogP contribution in [0.15, 0.2) is 60.2 Å². The second-order valence-corrected chi connectivity index (χ2v) is 7.82. The Kier molecular flexibility index (Phi) is 5.25. The number of amides is 4. The molecule has 4 amide bonds. The predicted molar refractivity (Wildman–Crippen MR) is 120 cm³/mol. The summed E-state index contributed by atoms with van der Waals surface area (Å²) in [6.45, 7) is 5.65. The Bertz CT molecular complexity index is 1260. The third-order valence-electron chi connectivity index (χ3n) is 5.31. The number of benzene rings is 2. The summed E-state index contributed by atoms with van der Waals surface area (Å²) in [6.07, 6.45) is 1.53. The van der Waals surface area contributed by atoms with Crippen molar-refractivity contribution in [3.8, 4) is 5.69 Å². The van der Waals surface area contributed by atoms with Gasteiger partial charge in [0, 0.05) is 22.1 Å². The van der Waals surface area contributed by atoms with Crippen molar-refractivity contribution in [3.63, 3.8) is 0 Å². The van der Waals surface area contributed by atoms with Crippen LogP contribution in [0.25, 0.3) is 11.8 Å². The average molecular weight is 434 g/mol. The number of aryl methyl sites for hydroxylation is 2. The van der Waals surface area contributed by atoms with E-state index in [1.807, 2.05) is 42.7 Å². The Morgan fingerprint density at radius 1 is 0.935 bits per heavy atom. The lowest BCUT2D eigenvalue weighted by Gasteiger charge is -2.27. The molecule has 1 aliphatic heterocycles. The van der Waals surface area contributed by atoms with E-state index in [1.165, 1.54) is 6.08 Å². The van der Waals surface area contributed by atoms with Gasteiger partial charge in [0.2, 0.25) is 0 Å². The SMILES string of the molecule is Cc1ccccc1N1C(=O)NC(=O)/C(=C/c2cc(C)n(-c3ccc(Cl)cc3)c2C)C1=O. The van der Waals surface area contributed by atoms with Gasteiger partial charge in [-0.15, -0.1) is 0 Å². The van der Waals surface area contributed by atoms with Crippen molar-refractivity contribution < 1.29 is 14.4 Å². The van der Waals surface area contributed by atoms with Gasteiger partial charge in [0.25, 0.3) is 11.8 Å². The minimum atomic E-state index is -0.756. The molecule has 2 heterocycles. The lowest BCUT2D eigenvalue weighted by atomic mass is 10.1. The van der Waals surface area contributed by atoms with E-state index < -0.39 is 17.8 Å². The summed E-state index contributed by atoms with van der Waals surface area (Å²) in [5, 5.41) is 2.91. The standard InChI is InChI=1S/C24H20ClN3O3/c1-14-6-4-5-7-21(14)28-23(30)20(22(29)26-24(28)31)13-17-12-15(2)27(16(17)3)19-10-8-18(25)9-11-19/h4-13H,1-3H3,(H,26,29,31)/b20-13-. The summed E-state index contributed by atoms with van der Waals surface area (Å²) in [4.78, 5) is 39.1. The molecule has 1 saturated heterocycles. The minimum absolute atomic E-state index is 0.0980. The van der Waals surface area contributed by atoms with Crippen molar-refractivity contribution in [2.45, 2.75) is 20.8 Å². The highest BCUT2D eigenvalue weighted by atomic mass is 35.5. The maximum absolute atomic E-state index is 13.2. The summed E-state index contributed by atoms with van der Waals surface area (Å²) >= 11 is 6.00. The number of carbonyl (C=O) groups excluding carboxylic acids is 3. The highest BCUT2D eigenvalue weighted by Gasteiger charge is 2.37. The molecule has 0 atom stereocenters. The number of hydrogen-bond donors (Lipinski definition) is 1. The molecule has 0 aliphatic carbocycles. The molecule has 0 saturated carbocycles. The summed E-state index contributed by atoms with van der Waals surface area (Å²) in [6, 6.07) is 15.6. The van der Waals surface area contributed by atoms with Crippen molar-refractivity contribution in [1.29, 1.82) is 0 Å². The van der Waals surface area contributed by atoms with Gasteiger partial charge in [-0.05, 0) is 74.4 Å². The van der Waals surface area contributed by atoms with Crippen LogP contribution >= 0.6 is 11.6 Å². The number of nitrogens with one attached hydrogen (secondary N) is 1. The Labute approximate surface area is 184 Å². The molecular formula is C24H20ClN3O3. The number of carbonyl (C=O) groups is 3. The molecular weight excluding hydrogens is 414 g/mol. The molecule has 0 radical (unpaired) electrons. The summed E-state index contributed by atoms with van der Waals surface area (Å²) in [5.41, 5.74) is 4.51. The number of rotatable bonds is 3. The summed E-state index contributed by atoms with van der Waals surface area (Å²) < 4.78 is 2.01. The van der Waals surface area contributed by atoms with Crippen LogP contribution in [-0.4, -0.2) is 22.4 Å². The van der Waals surface area contributed by atoms with Crippen LogP contribution < -0.4 is 10.2 Å². The molecule has 7 heteroatoms. The van der Waals surface area contributed by atoms with E-state index in [-0.39, 0.29) is 5.57 Å². The minimum Gasteiger partial charge on any atom is -0.318 e. The Hall–Kier alpha value is -3.64. The van der Waals surface area contributed by atoms with Crippen LogP contribution in [0.1, 0.15) is 22.5 Å². The number of hydrogen-bond acceptors (Lipinski definition) is 3. The molecule has 0 bridgehead atoms. The van der Waals surface area contributed by atoms with Gasteiger partial charge in [-0.3, -0.25) is 14.9 Å². The van der Waals surface area contributed by atoms with Gasteiger partial charge in [-0.1, -0.05) is 29.8 Å². The summed E-state index contributed by atoms with van der Waals surface area (Å²) in [7, 11) is 0. The summed E-state index contributed by atoms with van der Waals surface area (Å²) in [5.74, 6) is -1.37. The smallest absolute Gasteiger partial charge is 0.318 e. The number of para-hydroxylation sites is 1. The van der Waals surface area contributed by atoms with Crippen LogP contribution in [0.3, 0.4) is 0 Å². The highest BCUT2D eigenvalue weighted by molar-refractivity contribution is 6.39. The fraction of sp³-hybridized carbons (Fsp3) is 0.125. The van der Waals surface area contributed by atoms with Crippen LogP contribution in [0.5, 0.6) is 0 Å². The predicted octanol–water partition coefficient (Wildman–Crippen LogP) is 4.72. The Morgan fingerprint density at radius 2 is 1.61 bits per heavy atom.